The lowest BCUT2D eigenvalue weighted by Crippen LogP contribution is -2.24. The highest BCUT2D eigenvalue weighted by Crippen LogP contribution is 2.43. The van der Waals surface area contributed by atoms with Crippen molar-refractivity contribution in [1.82, 2.24) is 4.98 Å². The van der Waals surface area contributed by atoms with E-state index >= 15 is 0 Å². The van der Waals surface area contributed by atoms with Gasteiger partial charge in [0.1, 0.15) is 21.2 Å². The molecule has 110 valence electrons. The summed E-state index contributed by atoms with van der Waals surface area (Å²) in [4.78, 5) is 15.8. The molecule has 0 bridgehead atoms. The Labute approximate surface area is 134 Å². The van der Waals surface area contributed by atoms with Gasteiger partial charge in [-0.05, 0) is 54.4 Å². The molecule has 0 atom stereocenters. The van der Waals surface area contributed by atoms with Crippen LogP contribution in [0.3, 0.4) is 0 Å². The lowest BCUT2D eigenvalue weighted by atomic mass is 10.0. The molecule has 0 amide bonds. The number of rotatable bonds is 2. The van der Waals surface area contributed by atoms with Gasteiger partial charge in [0.15, 0.2) is 0 Å². The summed E-state index contributed by atoms with van der Waals surface area (Å²) in [6.45, 7) is 5.82. The van der Waals surface area contributed by atoms with Gasteiger partial charge in [0.05, 0.1) is 10.2 Å². The van der Waals surface area contributed by atoms with Crippen molar-refractivity contribution in [3.05, 3.63) is 32.7 Å². The molecule has 1 N–H and O–H groups in total. The fourth-order valence-corrected chi connectivity index (χ4v) is 3.98. The maximum Gasteiger partial charge on any atom is 0.347 e. The molecule has 0 radical (unpaired) electrons. The van der Waals surface area contributed by atoms with E-state index in [1.54, 1.807) is 6.92 Å². The first-order valence-electron chi connectivity index (χ1n) is 6.49. The first kappa shape index (κ1) is 14.5. The van der Waals surface area contributed by atoms with Gasteiger partial charge in [-0.1, -0.05) is 0 Å². The Hall–Kier alpha value is -1.40. The molecule has 1 aromatic carbocycles. The number of aromatic carboxylic acids is 1. The highest BCUT2D eigenvalue weighted by atomic mass is 79.9. The minimum Gasteiger partial charge on any atom is -0.486 e. The third-order valence-electron chi connectivity index (χ3n) is 3.35. The van der Waals surface area contributed by atoms with Crippen LogP contribution in [0.4, 0.5) is 0 Å². The van der Waals surface area contributed by atoms with Crippen molar-refractivity contribution in [2.75, 3.05) is 0 Å². The van der Waals surface area contributed by atoms with Gasteiger partial charge in [-0.2, -0.15) is 0 Å². The second-order valence-electron chi connectivity index (χ2n) is 5.72. The van der Waals surface area contributed by atoms with Crippen LogP contribution in [0.5, 0.6) is 5.75 Å². The molecule has 21 heavy (non-hydrogen) atoms. The van der Waals surface area contributed by atoms with Crippen molar-refractivity contribution in [3.8, 4) is 16.3 Å². The van der Waals surface area contributed by atoms with E-state index in [1.807, 2.05) is 12.1 Å². The molecule has 1 aliphatic rings. The van der Waals surface area contributed by atoms with E-state index in [0.29, 0.717) is 10.6 Å². The summed E-state index contributed by atoms with van der Waals surface area (Å²) in [5.41, 5.74) is 2.38. The standard InChI is InChI=1S/C15H14BrNO3S/c1-7-12(14(18)19)21-13(17-7)8-4-9-6-15(2,3)20-11(9)10(16)5-8/h4-5H,6H2,1-3H3,(H,18,19). The van der Waals surface area contributed by atoms with Crippen LogP contribution in [-0.2, 0) is 6.42 Å². The van der Waals surface area contributed by atoms with Crippen LogP contribution in [0.2, 0.25) is 0 Å². The maximum atomic E-state index is 11.1. The van der Waals surface area contributed by atoms with E-state index in [-0.39, 0.29) is 5.60 Å². The summed E-state index contributed by atoms with van der Waals surface area (Å²) in [6, 6.07) is 3.98. The van der Waals surface area contributed by atoms with E-state index in [1.165, 1.54) is 11.3 Å². The lowest BCUT2D eigenvalue weighted by molar-refractivity contribution is 0.0701. The van der Waals surface area contributed by atoms with Crippen molar-refractivity contribution >= 4 is 33.2 Å². The smallest absolute Gasteiger partial charge is 0.347 e. The van der Waals surface area contributed by atoms with E-state index in [9.17, 15) is 4.79 Å². The molecular weight excluding hydrogens is 354 g/mol. The second-order valence-corrected chi connectivity index (χ2v) is 7.58. The maximum absolute atomic E-state index is 11.1. The van der Waals surface area contributed by atoms with Crippen LogP contribution in [0.15, 0.2) is 16.6 Å². The Balaban J connectivity index is 2.08. The zero-order valence-electron chi connectivity index (χ0n) is 11.9. The van der Waals surface area contributed by atoms with E-state index < -0.39 is 5.97 Å². The fourth-order valence-electron chi connectivity index (χ4n) is 2.51. The number of carbonyl (C=O) groups is 1. The van der Waals surface area contributed by atoms with Crippen molar-refractivity contribution in [2.45, 2.75) is 32.8 Å². The molecule has 0 unspecified atom stereocenters. The summed E-state index contributed by atoms with van der Waals surface area (Å²) in [6.07, 6.45) is 0.824. The average Bonchev–Trinajstić information content (AvgIpc) is 2.88. The average molecular weight is 368 g/mol. The fraction of sp³-hybridized carbons (Fsp3) is 0.333. The number of thiazole rings is 1. The van der Waals surface area contributed by atoms with Crippen LogP contribution < -0.4 is 4.74 Å². The number of hydrogen-bond donors (Lipinski definition) is 1. The predicted octanol–water partition coefficient (Wildman–Crippen LogP) is 4.29. The molecule has 1 aliphatic heterocycles. The molecule has 1 aromatic heterocycles. The molecule has 3 rings (SSSR count). The number of fused-ring (bicyclic) bond motifs is 1. The number of ether oxygens (including phenoxy) is 1. The molecule has 0 fully saturated rings. The Morgan fingerprint density at radius 3 is 2.81 bits per heavy atom. The van der Waals surface area contributed by atoms with Gasteiger partial charge in [0, 0.05) is 12.0 Å². The number of carboxylic acids is 1. The number of aromatic nitrogens is 1. The molecule has 0 spiro atoms. The minimum atomic E-state index is -0.930. The Morgan fingerprint density at radius 1 is 1.48 bits per heavy atom. The molecule has 2 aromatic rings. The number of halogens is 1. The molecule has 0 saturated carbocycles. The number of carboxylic acid groups (broad SMARTS) is 1. The number of benzene rings is 1. The van der Waals surface area contributed by atoms with Gasteiger partial charge in [-0.15, -0.1) is 11.3 Å². The van der Waals surface area contributed by atoms with E-state index in [4.69, 9.17) is 9.84 Å². The zero-order chi connectivity index (χ0) is 15.4. The van der Waals surface area contributed by atoms with Crippen LogP contribution in [0, 0.1) is 6.92 Å². The zero-order valence-corrected chi connectivity index (χ0v) is 14.3. The molecule has 0 saturated heterocycles. The van der Waals surface area contributed by atoms with Crippen LogP contribution in [-0.4, -0.2) is 21.7 Å². The number of hydrogen-bond acceptors (Lipinski definition) is 4. The van der Waals surface area contributed by atoms with Gasteiger partial charge >= 0.3 is 5.97 Å². The van der Waals surface area contributed by atoms with Crippen molar-refractivity contribution in [2.24, 2.45) is 0 Å². The topological polar surface area (TPSA) is 59.4 Å². The minimum absolute atomic E-state index is 0.214. The quantitative estimate of drug-likeness (QED) is 0.859. The van der Waals surface area contributed by atoms with Crippen molar-refractivity contribution in [3.63, 3.8) is 0 Å². The van der Waals surface area contributed by atoms with Gasteiger partial charge in [-0.25, -0.2) is 9.78 Å². The highest BCUT2D eigenvalue weighted by molar-refractivity contribution is 9.10. The Morgan fingerprint density at radius 2 is 2.19 bits per heavy atom. The molecule has 0 aliphatic carbocycles. The monoisotopic (exact) mass is 367 g/mol. The summed E-state index contributed by atoms with van der Waals surface area (Å²) >= 11 is 4.74. The first-order valence-corrected chi connectivity index (χ1v) is 8.10. The summed E-state index contributed by atoms with van der Waals surface area (Å²) in [5.74, 6) is -0.0589. The number of nitrogens with zero attached hydrogens (tertiary/aromatic N) is 1. The third-order valence-corrected chi connectivity index (χ3v) is 5.14. The summed E-state index contributed by atoms with van der Waals surface area (Å²) in [7, 11) is 0. The molecule has 2 heterocycles. The second kappa shape index (κ2) is 4.81. The summed E-state index contributed by atoms with van der Waals surface area (Å²) < 4.78 is 6.81. The lowest BCUT2D eigenvalue weighted by Gasteiger charge is -2.17. The normalized spacial score (nSPS) is 15.6. The van der Waals surface area contributed by atoms with Crippen LogP contribution >= 0.6 is 27.3 Å². The SMILES string of the molecule is Cc1nc(-c2cc(Br)c3c(c2)CC(C)(C)O3)sc1C(=O)O. The van der Waals surface area contributed by atoms with E-state index in [0.717, 1.165) is 32.8 Å². The Kier molecular flexibility index (Phi) is 3.33. The van der Waals surface area contributed by atoms with E-state index in [2.05, 4.69) is 34.8 Å². The highest BCUT2D eigenvalue weighted by Gasteiger charge is 2.32. The van der Waals surface area contributed by atoms with Gasteiger partial charge in [-0.3, -0.25) is 0 Å². The van der Waals surface area contributed by atoms with Gasteiger partial charge < -0.3 is 9.84 Å². The van der Waals surface area contributed by atoms with Crippen LogP contribution in [0.25, 0.3) is 10.6 Å². The van der Waals surface area contributed by atoms with Crippen molar-refractivity contribution < 1.29 is 14.6 Å². The largest absolute Gasteiger partial charge is 0.486 e. The Bertz CT molecular complexity index is 752. The number of aryl methyl sites for hydroxylation is 1. The first-order chi connectivity index (χ1) is 9.77. The summed E-state index contributed by atoms with van der Waals surface area (Å²) in [5, 5.41) is 9.87. The van der Waals surface area contributed by atoms with Crippen molar-refractivity contribution in [1.29, 1.82) is 0 Å². The van der Waals surface area contributed by atoms with Gasteiger partial charge in [0.25, 0.3) is 0 Å². The predicted molar refractivity (Wildman–Crippen MR) is 85.4 cm³/mol. The molecule has 4 nitrogen and oxygen atoms in total. The molecule has 6 heteroatoms. The molecular formula is C15H14BrNO3S. The van der Waals surface area contributed by atoms with Crippen LogP contribution in [0.1, 0.15) is 34.8 Å². The third kappa shape index (κ3) is 2.58. The van der Waals surface area contributed by atoms with Gasteiger partial charge in [0.2, 0.25) is 0 Å².